The Morgan fingerprint density at radius 3 is 2.55 bits per heavy atom. The van der Waals surface area contributed by atoms with Gasteiger partial charge in [-0.15, -0.1) is 0 Å². The first-order valence-corrected chi connectivity index (χ1v) is 6.96. The van der Waals surface area contributed by atoms with Gasteiger partial charge in [0, 0.05) is 38.4 Å². The summed E-state index contributed by atoms with van der Waals surface area (Å²) in [5.41, 5.74) is 1.10. The minimum Gasteiger partial charge on any atom is -0.478 e. The molecule has 0 saturated carbocycles. The van der Waals surface area contributed by atoms with Crippen molar-refractivity contribution < 1.29 is 15.0 Å². The molecule has 0 spiro atoms. The van der Waals surface area contributed by atoms with Gasteiger partial charge in [0.1, 0.15) is 5.82 Å². The molecule has 0 atom stereocenters. The number of anilines is 1. The maximum Gasteiger partial charge on any atom is 0.335 e. The first-order chi connectivity index (χ1) is 9.63. The van der Waals surface area contributed by atoms with Crippen LogP contribution < -0.4 is 4.90 Å². The average molecular weight is 279 g/mol. The summed E-state index contributed by atoms with van der Waals surface area (Å²) < 4.78 is 0. The van der Waals surface area contributed by atoms with E-state index in [9.17, 15) is 4.79 Å². The molecule has 0 unspecified atom stereocenters. The SMILES string of the molecule is CCc1cc(C(=O)O)cc(N2CCN(CCO)CC2)n1. The lowest BCUT2D eigenvalue weighted by Crippen LogP contribution is -2.47. The molecule has 2 heterocycles. The number of aromatic carboxylic acids is 1. The van der Waals surface area contributed by atoms with Gasteiger partial charge in [-0.1, -0.05) is 6.92 Å². The van der Waals surface area contributed by atoms with Gasteiger partial charge in [0.15, 0.2) is 0 Å². The predicted molar refractivity (Wildman–Crippen MR) is 76.3 cm³/mol. The molecule has 1 aliphatic rings. The van der Waals surface area contributed by atoms with E-state index in [1.807, 2.05) is 6.92 Å². The standard InChI is InChI=1S/C14H21N3O3/c1-2-12-9-11(14(19)20)10-13(15-12)17-5-3-16(4-6-17)7-8-18/h9-10,18H,2-8H2,1H3,(H,19,20). The topological polar surface area (TPSA) is 76.9 Å². The number of aromatic nitrogens is 1. The maximum absolute atomic E-state index is 11.2. The molecule has 0 amide bonds. The van der Waals surface area contributed by atoms with E-state index in [2.05, 4.69) is 14.8 Å². The van der Waals surface area contributed by atoms with Crippen molar-refractivity contribution in [2.45, 2.75) is 13.3 Å². The van der Waals surface area contributed by atoms with Crippen LogP contribution in [-0.4, -0.2) is 65.4 Å². The zero-order valence-electron chi connectivity index (χ0n) is 11.7. The summed E-state index contributed by atoms with van der Waals surface area (Å²) >= 11 is 0. The van der Waals surface area contributed by atoms with Gasteiger partial charge in [-0.25, -0.2) is 9.78 Å². The fraction of sp³-hybridized carbons (Fsp3) is 0.571. The molecule has 2 rings (SSSR count). The van der Waals surface area contributed by atoms with Gasteiger partial charge in [-0.3, -0.25) is 4.90 Å². The summed E-state index contributed by atoms with van der Waals surface area (Å²) in [6.07, 6.45) is 0.721. The Kier molecular flexibility index (Phi) is 4.92. The largest absolute Gasteiger partial charge is 0.478 e. The highest BCUT2D eigenvalue weighted by atomic mass is 16.4. The number of pyridine rings is 1. The lowest BCUT2D eigenvalue weighted by Gasteiger charge is -2.35. The van der Waals surface area contributed by atoms with E-state index in [1.54, 1.807) is 12.1 Å². The number of carboxylic acids is 1. The molecule has 6 heteroatoms. The highest BCUT2D eigenvalue weighted by Crippen LogP contribution is 2.17. The van der Waals surface area contributed by atoms with Crippen LogP contribution in [0.2, 0.25) is 0 Å². The van der Waals surface area contributed by atoms with Crippen LogP contribution in [0.1, 0.15) is 23.0 Å². The minimum absolute atomic E-state index is 0.173. The van der Waals surface area contributed by atoms with E-state index in [0.717, 1.165) is 44.1 Å². The van der Waals surface area contributed by atoms with E-state index in [-0.39, 0.29) is 6.61 Å². The third-order valence-electron chi connectivity index (χ3n) is 3.59. The monoisotopic (exact) mass is 279 g/mol. The van der Waals surface area contributed by atoms with Gasteiger partial charge < -0.3 is 15.1 Å². The van der Waals surface area contributed by atoms with Crippen LogP contribution in [0.15, 0.2) is 12.1 Å². The summed E-state index contributed by atoms with van der Waals surface area (Å²) in [5.74, 6) is -0.173. The number of carbonyl (C=O) groups is 1. The second kappa shape index (κ2) is 6.67. The van der Waals surface area contributed by atoms with Crippen molar-refractivity contribution in [3.63, 3.8) is 0 Å². The molecule has 20 heavy (non-hydrogen) atoms. The molecule has 0 bridgehead atoms. The number of piperazine rings is 1. The molecular formula is C14H21N3O3. The summed E-state index contributed by atoms with van der Waals surface area (Å²) in [4.78, 5) is 20.0. The zero-order chi connectivity index (χ0) is 14.5. The molecule has 2 N–H and O–H groups in total. The Labute approximate surface area is 118 Å². The Morgan fingerprint density at radius 2 is 2.00 bits per heavy atom. The van der Waals surface area contributed by atoms with Crippen LogP contribution in [-0.2, 0) is 6.42 Å². The first kappa shape index (κ1) is 14.7. The molecule has 1 aromatic heterocycles. The van der Waals surface area contributed by atoms with E-state index in [0.29, 0.717) is 12.1 Å². The number of hydrogen-bond acceptors (Lipinski definition) is 5. The lowest BCUT2D eigenvalue weighted by molar-refractivity contribution is 0.0696. The van der Waals surface area contributed by atoms with Crippen LogP contribution in [0.4, 0.5) is 5.82 Å². The molecule has 0 radical (unpaired) electrons. The Morgan fingerprint density at radius 1 is 1.30 bits per heavy atom. The zero-order valence-corrected chi connectivity index (χ0v) is 11.7. The number of aliphatic hydroxyl groups excluding tert-OH is 1. The predicted octanol–water partition coefficient (Wildman–Crippen LogP) is 0.456. The number of carboxylic acid groups (broad SMARTS) is 1. The second-order valence-corrected chi connectivity index (χ2v) is 4.92. The normalized spacial score (nSPS) is 16.4. The Hall–Kier alpha value is -1.66. The fourth-order valence-electron chi connectivity index (χ4n) is 2.38. The number of nitrogens with zero attached hydrogens (tertiary/aromatic N) is 3. The van der Waals surface area contributed by atoms with E-state index >= 15 is 0 Å². The number of β-amino-alcohol motifs (C(OH)–C–C–N with tert-alkyl or cyclic N) is 1. The van der Waals surface area contributed by atoms with E-state index in [4.69, 9.17) is 10.2 Å². The van der Waals surface area contributed by atoms with Gasteiger partial charge >= 0.3 is 5.97 Å². The van der Waals surface area contributed by atoms with Crippen molar-refractivity contribution in [2.75, 3.05) is 44.2 Å². The molecule has 0 aliphatic carbocycles. The molecule has 1 fully saturated rings. The maximum atomic E-state index is 11.2. The lowest BCUT2D eigenvalue weighted by atomic mass is 10.2. The van der Waals surface area contributed by atoms with Gasteiger partial charge in [0.2, 0.25) is 0 Å². The fourth-order valence-corrected chi connectivity index (χ4v) is 2.38. The molecule has 0 aromatic carbocycles. The highest BCUT2D eigenvalue weighted by Gasteiger charge is 2.19. The highest BCUT2D eigenvalue weighted by molar-refractivity contribution is 5.88. The van der Waals surface area contributed by atoms with Crippen LogP contribution >= 0.6 is 0 Å². The number of hydrogen-bond donors (Lipinski definition) is 2. The summed E-state index contributed by atoms with van der Waals surface area (Å²) in [5, 5.41) is 18.1. The number of aliphatic hydroxyl groups is 1. The van der Waals surface area contributed by atoms with Gasteiger partial charge in [-0.05, 0) is 18.6 Å². The smallest absolute Gasteiger partial charge is 0.335 e. The van der Waals surface area contributed by atoms with Crippen LogP contribution in [0.25, 0.3) is 0 Å². The van der Waals surface area contributed by atoms with Crippen molar-refractivity contribution in [2.24, 2.45) is 0 Å². The van der Waals surface area contributed by atoms with Crippen molar-refractivity contribution in [3.05, 3.63) is 23.4 Å². The summed E-state index contributed by atoms with van der Waals surface area (Å²) in [6.45, 7) is 6.17. The van der Waals surface area contributed by atoms with Crippen LogP contribution in [0.3, 0.4) is 0 Å². The van der Waals surface area contributed by atoms with E-state index in [1.165, 1.54) is 0 Å². The average Bonchev–Trinajstić information content (AvgIpc) is 2.47. The third kappa shape index (κ3) is 3.46. The summed E-state index contributed by atoms with van der Waals surface area (Å²) in [7, 11) is 0. The Balaban J connectivity index is 2.12. The van der Waals surface area contributed by atoms with Crippen molar-refractivity contribution in [1.29, 1.82) is 0 Å². The van der Waals surface area contributed by atoms with Gasteiger partial charge in [0.25, 0.3) is 0 Å². The third-order valence-corrected chi connectivity index (χ3v) is 3.59. The number of rotatable bonds is 5. The Bertz CT molecular complexity index is 471. The quantitative estimate of drug-likeness (QED) is 0.815. The first-order valence-electron chi connectivity index (χ1n) is 6.96. The molecular weight excluding hydrogens is 258 g/mol. The van der Waals surface area contributed by atoms with Gasteiger partial charge in [-0.2, -0.15) is 0 Å². The minimum atomic E-state index is -0.915. The summed E-state index contributed by atoms with van der Waals surface area (Å²) in [6, 6.07) is 3.27. The van der Waals surface area contributed by atoms with Gasteiger partial charge in [0.05, 0.1) is 12.2 Å². The van der Waals surface area contributed by atoms with Crippen molar-refractivity contribution >= 4 is 11.8 Å². The van der Waals surface area contributed by atoms with Crippen molar-refractivity contribution in [3.8, 4) is 0 Å². The molecule has 1 aliphatic heterocycles. The van der Waals surface area contributed by atoms with Crippen LogP contribution in [0.5, 0.6) is 0 Å². The van der Waals surface area contributed by atoms with Crippen LogP contribution in [0, 0.1) is 0 Å². The molecule has 110 valence electrons. The van der Waals surface area contributed by atoms with E-state index < -0.39 is 5.97 Å². The molecule has 6 nitrogen and oxygen atoms in total. The number of aryl methyl sites for hydroxylation is 1. The second-order valence-electron chi connectivity index (χ2n) is 4.92. The van der Waals surface area contributed by atoms with Crippen molar-refractivity contribution in [1.82, 2.24) is 9.88 Å². The molecule has 1 saturated heterocycles. The molecule has 1 aromatic rings.